The third kappa shape index (κ3) is 3.85. The molecule has 6 nitrogen and oxygen atoms in total. The number of aliphatic hydroxyl groups excluding tert-OH is 1. The van der Waals surface area contributed by atoms with E-state index in [2.05, 4.69) is 4.98 Å². The fraction of sp³-hybridized carbons (Fsp3) is 0.160. The third-order valence-electron chi connectivity index (χ3n) is 5.32. The first-order chi connectivity index (χ1) is 15.4. The van der Waals surface area contributed by atoms with Crippen LogP contribution >= 0.6 is 11.6 Å². The Hall–Kier alpha value is -3.64. The lowest BCUT2D eigenvalue weighted by Gasteiger charge is -2.25. The van der Waals surface area contributed by atoms with E-state index >= 15 is 0 Å². The van der Waals surface area contributed by atoms with E-state index in [-0.39, 0.29) is 11.3 Å². The molecule has 3 aromatic rings. The SMILES string of the molecule is CCOc1cccc(/C(O)=C2\C(=O)C(=O)N(c3ccc(C)c(Cl)c3)C2c2ccncc2)c1. The van der Waals surface area contributed by atoms with Crippen molar-refractivity contribution in [3.63, 3.8) is 0 Å². The van der Waals surface area contributed by atoms with E-state index in [1.54, 1.807) is 67.0 Å². The standard InChI is InChI=1S/C25H21ClN2O4/c1-3-32-19-6-4-5-17(13-19)23(29)21-22(16-9-11-27-12-10-16)28(25(31)24(21)30)18-8-7-15(2)20(26)14-18/h4-14,22,29H,3H2,1-2H3/b23-21+. The van der Waals surface area contributed by atoms with Gasteiger partial charge in [-0.05, 0) is 61.4 Å². The van der Waals surface area contributed by atoms with Crippen LogP contribution in [0.4, 0.5) is 5.69 Å². The molecule has 0 saturated carbocycles. The van der Waals surface area contributed by atoms with Gasteiger partial charge in [0.15, 0.2) is 0 Å². The van der Waals surface area contributed by atoms with Crippen LogP contribution in [0.3, 0.4) is 0 Å². The number of carbonyl (C=O) groups excluding carboxylic acids is 2. The lowest BCUT2D eigenvalue weighted by atomic mass is 9.95. The number of hydrogen-bond acceptors (Lipinski definition) is 5. The number of aryl methyl sites for hydroxylation is 1. The van der Waals surface area contributed by atoms with Crippen molar-refractivity contribution in [2.24, 2.45) is 0 Å². The molecular weight excluding hydrogens is 428 g/mol. The summed E-state index contributed by atoms with van der Waals surface area (Å²) < 4.78 is 5.51. The smallest absolute Gasteiger partial charge is 0.300 e. The largest absolute Gasteiger partial charge is 0.507 e. The van der Waals surface area contributed by atoms with Crippen molar-refractivity contribution >= 4 is 34.7 Å². The fourth-order valence-electron chi connectivity index (χ4n) is 3.75. The molecule has 1 aromatic heterocycles. The average molecular weight is 449 g/mol. The van der Waals surface area contributed by atoms with Crippen molar-refractivity contribution in [1.29, 1.82) is 0 Å². The zero-order chi connectivity index (χ0) is 22.8. The molecule has 2 heterocycles. The number of nitrogens with zero attached hydrogens (tertiary/aromatic N) is 2. The molecule has 1 fully saturated rings. The van der Waals surface area contributed by atoms with Crippen LogP contribution in [-0.4, -0.2) is 28.4 Å². The lowest BCUT2D eigenvalue weighted by Crippen LogP contribution is -2.29. The number of rotatable bonds is 5. The van der Waals surface area contributed by atoms with Gasteiger partial charge in [0.05, 0.1) is 18.2 Å². The molecule has 4 rings (SSSR count). The van der Waals surface area contributed by atoms with Gasteiger partial charge >= 0.3 is 0 Å². The second-order valence-electron chi connectivity index (χ2n) is 7.34. The van der Waals surface area contributed by atoms with Gasteiger partial charge in [-0.1, -0.05) is 29.8 Å². The van der Waals surface area contributed by atoms with E-state index in [0.717, 1.165) is 5.56 Å². The molecule has 1 atom stereocenters. The van der Waals surface area contributed by atoms with Gasteiger partial charge in [0, 0.05) is 28.7 Å². The Morgan fingerprint density at radius 1 is 1.12 bits per heavy atom. The molecule has 1 unspecified atom stereocenters. The summed E-state index contributed by atoms with van der Waals surface area (Å²) in [5, 5.41) is 11.7. The van der Waals surface area contributed by atoms with Crippen LogP contribution in [0.5, 0.6) is 5.75 Å². The Labute approximate surface area is 190 Å². The molecule has 1 aliphatic heterocycles. The van der Waals surface area contributed by atoms with Crippen LogP contribution in [0.2, 0.25) is 5.02 Å². The van der Waals surface area contributed by atoms with Crippen molar-refractivity contribution in [3.8, 4) is 5.75 Å². The van der Waals surface area contributed by atoms with E-state index in [1.807, 2.05) is 13.8 Å². The first-order valence-corrected chi connectivity index (χ1v) is 10.5. The summed E-state index contributed by atoms with van der Waals surface area (Å²) in [6.45, 7) is 4.17. The van der Waals surface area contributed by atoms with Crippen molar-refractivity contribution in [2.75, 3.05) is 11.5 Å². The highest BCUT2D eigenvalue weighted by Gasteiger charge is 2.47. The number of pyridine rings is 1. The summed E-state index contributed by atoms with van der Waals surface area (Å²) in [6, 6.07) is 14.5. The predicted molar refractivity (Wildman–Crippen MR) is 123 cm³/mol. The number of ether oxygens (including phenoxy) is 1. The van der Waals surface area contributed by atoms with Gasteiger partial charge in [-0.25, -0.2) is 0 Å². The Morgan fingerprint density at radius 2 is 1.88 bits per heavy atom. The van der Waals surface area contributed by atoms with E-state index < -0.39 is 17.7 Å². The van der Waals surface area contributed by atoms with Gasteiger partial charge in [0.1, 0.15) is 11.5 Å². The summed E-state index contributed by atoms with van der Waals surface area (Å²) in [5.74, 6) is -1.24. The topological polar surface area (TPSA) is 79.7 Å². The van der Waals surface area contributed by atoms with Crippen LogP contribution in [0.1, 0.15) is 29.7 Å². The minimum absolute atomic E-state index is 0.00783. The number of amides is 1. The Bertz CT molecular complexity index is 1220. The summed E-state index contributed by atoms with van der Waals surface area (Å²) in [7, 11) is 0. The molecule has 1 amide bonds. The number of benzene rings is 2. The van der Waals surface area contributed by atoms with Gasteiger partial charge in [-0.2, -0.15) is 0 Å². The van der Waals surface area contributed by atoms with E-state index in [1.165, 1.54) is 4.90 Å². The maximum absolute atomic E-state index is 13.2. The number of ketones is 1. The molecule has 162 valence electrons. The maximum Gasteiger partial charge on any atom is 0.300 e. The van der Waals surface area contributed by atoms with Gasteiger partial charge in [-0.3, -0.25) is 19.5 Å². The number of anilines is 1. The van der Waals surface area contributed by atoms with Gasteiger partial charge < -0.3 is 9.84 Å². The van der Waals surface area contributed by atoms with Gasteiger partial charge in [-0.15, -0.1) is 0 Å². The minimum Gasteiger partial charge on any atom is -0.507 e. The van der Waals surface area contributed by atoms with Crippen molar-refractivity contribution in [1.82, 2.24) is 4.98 Å². The maximum atomic E-state index is 13.2. The molecule has 2 aromatic carbocycles. The van der Waals surface area contributed by atoms with Crippen LogP contribution in [0.25, 0.3) is 5.76 Å². The van der Waals surface area contributed by atoms with Crippen LogP contribution < -0.4 is 9.64 Å². The van der Waals surface area contributed by atoms with E-state index in [0.29, 0.717) is 34.2 Å². The van der Waals surface area contributed by atoms with Crippen LogP contribution in [0.15, 0.2) is 72.6 Å². The quantitative estimate of drug-likeness (QED) is 0.335. The van der Waals surface area contributed by atoms with Gasteiger partial charge in [0.2, 0.25) is 0 Å². The molecule has 1 N–H and O–H groups in total. The summed E-state index contributed by atoms with van der Waals surface area (Å²) in [5.41, 5.74) is 2.33. The first kappa shape index (κ1) is 21.6. The third-order valence-corrected chi connectivity index (χ3v) is 5.73. The second-order valence-corrected chi connectivity index (χ2v) is 7.75. The number of aromatic nitrogens is 1. The van der Waals surface area contributed by atoms with Crippen molar-refractivity contribution in [3.05, 3.63) is 94.3 Å². The van der Waals surface area contributed by atoms with Crippen LogP contribution in [0, 0.1) is 6.92 Å². The average Bonchev–Trinajstić information content (AvgIpc) is 3.07. The molecule has 0 bridgehead atoms. The zero-order valence-corrected chi connectivity index (χ0v) is 18.3. The van der Waals surface area contributed by atoms with Crippen molar-refractivity contribution in [2.45, 2.75) is 19.9 Å². The molecule has 0 aliphatic carbocycles. The molecule has 7 heteroatoms. The summed E-state index contributed by atoms with van der Waals surface area (Å²) in [6.07, 6.45) is 3.15. The van der Waals surface area contributed by atoms with E-state index in [9.17, 15) is 14.7 Å². The van der Waals surface area contributed by atoms with Crippen LogP contribution in [-0.2, 0) is 9.59 Å². The first-order valence-electron chi connectivity index (χ1n) is 10.1. The number of carbonyl (C=O) groups is 2. The summed E-state index contributed by atoms with van der Waals surface area (Å²) in [4.78, 5) is 31.7. The molecule has 1 saturated heterocycles. The van der Waals surface area contributed by atoms with Crippen molar-refractivity contribution < 1.29 is 19.4 Å². The Balaban J connectivity index is 1.92. The number of Topliss-reactive ketones (excluding diaryl/α,β-unsaturated/α-hetero) is 1. The minimum atomic E-state index is -0.840. The molecule has 32 heavy (non-hydrogen) atoms. The Kier molecular flexibility index (Phi) is 5.97. The summed E-state index contributed by atoms with van der Waals surface area (Å²) >= 11 is 6.30. The lowest BCUT2D eigenvalue weighted by molar-refractivity contribution is -0.132. The number of aliphatic hydroxyl groups is 1. The molecular formula is C25H21ClN2O4. The monoisotopic (exact) mass is 448 g/mol. The Morgan fingerprint density at radius 3 is 2.56 bits per heavy atom. The highest BCUT2D eigenvalue weighted by Crippen LogP contribution is 2.42. The highest BCUT2D eigenvalue weighted by molar-refractivity contribution is 6.51. The normalized spacial score (nSPS) is 17.6. The number of halogens is 1. The highest BCUT2D eigenvalue weighted by atomic mass is 35.5. The zero-order valence-electron chi connectivity index (χ0n) is 17.6. The predicted octanol–water partition coefficient (Wildman–Crippen LogP) is 5.07. The van der Waals surface area contributed by atoms with Gasteiger partial charge in [0.25, 0.3) is 11.7 Å². The molecule has 1 aliphatic rings. The van der Waals surface area contributed by atoms with E-state index in [4.69, 9.17) is 16.3 Å². The molecule has 0 spiro atoms. The molecule has 0 radical (unpaired) electrons. The number of hydrogen-bond donors (Lipinski definition) is 1. The fourth-order valence-corrected chi connectivity index (χ4v) is 3.92. The second kappa shape index (κ2) is 8.85.